The number of methoxy groups -OCH3 is 1. The molecule has 2 fully saturated rings. The van der Waals surface area contributed by atoms with Crippen LogP contribution in [0, 0.1) is 5.21 Å². The van der Waals surface area contributed by atoms with E-state index in [4.69, 9.17) is 14.2 Å². The van der Waals surface area contributed by atoms with Crippen molar-refractivity contribution in [1.82, 2.24) is 9.80 Å². The number of amides is 1. The fraction of sp³-hybridized carbons (Fsp3) is 0.467. The zero-order valence-electron chi connectivity index (χ0n) is 22.3. The van der Waals surface area contributed by atoms with Crippen molar-refractivity contribution in [3.63, 3.8) is 0 Å². The molecular formula is C30H35N3O5. The van der Waals surface area contributed by atoms with Gasteiger partial charge in [-0.2, -0.15) is 4.73 Å². The van der Waals surface area contributed by atoms with Crippen LogP contribution < -0.4 is 18.9 Å². The van der Waals surface area contributed by atoms with Crippen LogP contribution in [0.3, 0.4) is 0 Å². The normalized spacial score (nSPS) is 20.4. The Labute approximate surface area is 223 Å². The Balaban J connectivity index is 1.35. The number of rotatable bonds is 7. The minimum atomic E-state index is -0.844. The number of hydrogen-bond donors (Lipinski definition) is 0. The largest absolute Gasteiger partial charge is 0.618 e. The number of aromatic nitrogens is 1. The van der Waals surface area contributed by atoms with E-state index in [1.54, 1.807) is 19.2 Å². The Kier molecular flexibility index (Phi) is 6.30. The smallest absolute Gasteiger partial charge is 0.254 e. The Morgan fingerprint density at radius 1 is 1.13 bits per heavy atom. The summed E-state index contributed by atoms with van der Waals surface area (Å²) in [7, 11) is 1.56. The number of benzene rings is 2. The molecule has 3 aromatic rings. The number of hydrogen-bond acceptors (Lipinski definition) is 6. The second-order valence-electron chi connectivity index (χ2n) is 11.1. The lowest BCUT2D eigenvalue weighted by Crippen LogP contribution is -2.49. The van der Waals surface area contributed by atoms with Crippen molar-refractivity contribution in [3.05, 3.63) is 65.0 Å². The number of ether oxygens (including phenoxy) is 3. The minimum Gasteiger partial charge on any atom is -0.618 e. The monoisotopic (exact) mass is 517 g/mol. The zero-order chi connectivity index (χ0) is 26.4. The summed E-state index contributed by atoms with van der Waals surface area (Å²) in [4.78, 5) is 18.5. The Hall–Kier alpha value is -3.52. The molecule has 1 atom stereocenters. The highest BCUT2D eigenvalue weighted by molar-refractivity contribution is 5.95. The number of fused-ring (bicyclic) bond motifs is 2. The Bertz CT molecular complexity index is 1370. The topological polar surface area (TPSA) is 78.2 Å². The number of nitrogens with zero attached hydrogens (tertiary/aromatic N) is 3. The second kappa shape index (κ2) is 9.66. The first-order valence-electron chi connectivity index (χ1n) is 13.6. The van der Waals surface area contributed by atoms with Gasteiger partial charge in [0.1, 0.15) is 6.54 Å². The van der Waals surface area contributed by atoms with Crippen LogP contribution in [-0.4, -0.2) is 53.8 Å². The molecule has 3 aliphatic rings. The van der Waals surface area contributed by atoms with E-state index >= 15 is 0 Å². The molecule has 0 bridgehead atoms. The van der Waals surface area contributed by atoms with Crippen LogP contribution >= 0.6 is 0 Å². The summed E-state index contributed by atoms with van der Waals surface area (Å²) < 4.78 is 18.4. The number of likely N-dealkylation sites (tertiary alicyclic amines) is 1. The van der Waals surface area contributed by atoms with E-state index in [9.17, 15) is 10.0 Å². The highest BCUT2D eigenvalue weighted by Crippen LogP contribution is 2.47. The van der Waals surface area contributed by atoms with Gasteiger partial charge in [-0.25, -0.2) is 0 Å². The predicted molar refractivity (Wildman–Crippen MR) is 143 cm³/mol. The highest BCUT2D eigenvalue weighted by Gasteiger charge is 2.38. The number of para-hydroxylation sites is 1. The van der Waals surface area contributed by atoms with Gasteiger partial charge in [-0.3, -0.25) is 9.69 Å². The first-order valence-corrected chi connectivity index (χ1v) is 13.6. The van der Waals surface area contributed by atoms with Gasteiger partial charge in [0.25, 0.3) is 5.91 Å². The van der Waals surface area contributed by atoms with Crippen LogP contribution in [0.1, 0.15) is 62.0 Å². The molecule has 1 saturated heterocycles. The molecule has 38 heavy (non-hydrogen) atoms. The van der Waals surface area contributed by atoms with Gasteiger partial charge < -0.3 is 24.3 Å². The van der Waals surface area contributed by atoms with Crippen molar-refractivity contribution < 1.29 is 23.7 Å². The van der Waals surface area contributed by atoms with Gasteiger partial charge in [-0.05, 0) is 56.5 Å². The second-order valence-corrected chi connectivity index (χ2v) is 11.1. The molecule has 1 saturated carbocycles. The van der Waals surface area contributed by atoms with Crippen molar-refractivity contribution in [3.8, 4) is 17.2 Å². The van der Waals surface area contributed by atoms with E-state index in [1.165, 1.54) is 19.3 Å². The quantitative estimate of drug-likeness (QED) is 0.335. The van der Waals surface area contributed by atoms with E-state index in [0.29, 0.717) is 46.6 Å². The molecule has 2 aliphatic heterocycles. The highest BCUT2D eigenvalue weighted by atomic mass is 16.7. The molecule has 1 aliphatic carbocycles. The molecule has 200 valence electrons. The average Bonchev–Trinajstić information content (AvgIpc) is 3.45. The summed E-state index contributed by atoms with van der Waals surface area (Å²) >= 11 is 0. The molecule has 8 nitrogen and oxygen atoms in total. The number of pyridine rings is 1. The summed E-state index contributed by atoms with van der Waals surface area (Å²) in [5.41, 5.74) is 1.59. The molecule has 8 heteroatoms. The van der Waals surface area contributed by atoms with Gasteiger partial charge in [0, 0.05) is 55.6 Å². The zero-order valence-corrected chi connectivity index (χ0v) is 22.3. The molecule has 1 amide bonds. The molecular weight excluding hydrogens is 482 g/mol. The minimum absolute atomic E-state index is 0.159. The molecule has 2 aromatic carbocycles. The summed E-state index contributed by atoms with van der Waals surface area (Å²) in [5.74, 6) is 0.438. The van der Waals surface area contributed by atoms with Gasteiger partial charge in [0.2, 0.25) is 22.7 Å². The molecule has 0 unspecified atom stereocenters. The lowest BCUT2D eigenvalue weighted by atomic mass is 9.91. The number of carbonyl (C=O) groups is 1. The van der Waals surface area contributed by atoms with E-state index in [2.05, 4.69) is 4.90 Å². The summed E-state index contributed by atoms with van der Waals surface area (Å²) in [6.07, 6.45) is 5.91. The van der Waals surface area contributed by atoms with E-state index in [1.807, 2.05) is 55.1 Å². The maximum absolute atomic E-state index is 14.1. The van der Waals surface area contributed by atoms with Crippen LogP contribution in [-0.2, 0) is 6.54 Å². The van der Waals surface area contributed by atoms with Crippen molar-refractivity contribution >= 4 is 16.8 Å². The predicted octanol–water partition coefficient (Wildman–Crippen LogP) is 4.65. The third-order valence-corrected chi connectivity index (χ3v) is 8.10. The summed E-state index contributed by atoms with van der Waals surface area (Å²) in [6, 6.07) is 15.6. The van der Waals surface area contributed by atoms with Crippen molar-refractivity contribution in [2.24, 2.45) is 0 Å². The maximum Gasteiger partial charge on any atom is 0.254 e. The van der Waals surface area contributed by atoms with Gasteiger partial charge in [0.05, 0.1) is 7.11 Å². The van der Waals surface area contributed by atoms with E-state index < -0.39 is 5.79 Å². The lowest BCUT2D eigenvalue weighted by molar-refractivity contribution is -0.587. The van der Waals surface area contributed by atoms with Gasteiger partial charge in [-0.15, -0.1) is 0 Å². The van der Waals surface area contributed by atoms with E-state index in [-0.39, 0.29) is 18.5 Å². The fourth-order valence-electron chi connectivity index (χ4n) is 6.00. The standard InChI is InChI=1S/C30H35N3O5/c1-30(2)37-27-17-21(16-26(36-3)28(27)38-30)29(34)31(18-23-11-7-15-32(23)22-9-6-10-22)19-24-14-13-20-8-4-5-12-25(20)33(24)35/h4-5,8,12-14,16-17,22-23H,6-7,9-11,15,18-19H2,1-3H3/t23-/m0/s1. The SMILES string of the molecule is COc1cc(C(=O)N(Cc2ccc3ccccc3[n+]2[O-])C[C@@H]2CCCN2C2CCC2)cc2c1OC(C)(C)O2. The van der Waals surface area contributed by atoms with Crippen LogP contribution in [0.5, 0.6) is 17.2 Å². The molecule has 1 aromatic heterocycles. The van der Waals surface area contributed by atoms with Gasteiger partial charge in [-0.1, -0.05) is 18.6 Å². The summed E-state index contributed by atoms with van der Waals surface area (Å²) in [5, 5.41) is 14.2. The number of carbonyl (C=O) groups excluding carboxylic acids is 1. The first kappa shape index (κ1) is 24.8. The van der Waals surface area contributed by atoms with Gasteiger partial charge in [0.15, 0.2) is 11.5 Å². The molecule has 3 heterocycles. The van der Waals surface area contributed by atoms with Gasteiger partial charge >= 0.3 is 0 Å². The molecule has 6 rings (SSSR count). The fourth-order valence-corrected chi connectivity index (χ4v) is 6.00. The van der Waals surface area contributed by atoms with Crippen LogP contribution in [0.25, 0.3) is 10.9 Å². The Morgan fingerprint density at radius 3 is 2.71 bits per heavy atom. The maximum atomic E-state index is 14.1. The third kappa shape index (κ3) is 4.51. The van der Waals surface area contributed by atoms with Crippen molar-refractivity contribution in [1.29, 1.82) is 0 Å². The third-order valence-electron chi connectivity index (χ3n) is 8.10. The molecule has 0 spiro atoms. The van der Waals surface area contributed by atoms with Crippen LogP contribution in [0.2, 0.25) is 0 Å². The van der Waals surface area contributed by atoms with Crippen molar-refractivity contribution in [2.45, 2.75) is 70.4 Å². The summed E-state index contributed by atoms with van der Waals surface area (Å²) in [6.45, 7) is 5.49. The van der Waals surface area contributed by atoms with Crippen molar-refractivity contribution in [2.75, 3.05) is 20.2 Å². The average molecular weight is 518 g/mol. The molecule has 0 N–H and O–H groups in total. The van der Waals surface area contributed by atoms with E-state index in [0.717, 1.165) is 29.5 Å². The Morgan fingerprint density at radius 2 is 1.95 bits per heavy atom. The van der Waals surface area contributed by atoms with Crippen LogP contribution in [0.4, 0.5) is 0 Å². The first-order chi connectivity index (χ1) is 18.3. The molecule has 0 radical (unpaired) electrons. The lowest BCUT2D eigenvalue weighted by Gasteiger charge is -2.40. The van der Waals surface area contributed by atoms with Crippen LogP contribution in [0.15, 0.2) is 48.5 Å².